The molecular weight excluding hydrogens is 345 g/mol. The first kappa shape index (κ1) is 16.4. The topological polar surface area (TPSA) is 72.2 Å². The number of alkyl halides is 3. The molecule has 1 aromatic rings. The van der Waals surface area contributed by atoms with Crippen molar-refractivity contribution in [3.63, 3.8) is 0 Å². The number of hydrogen-bond acceptors (Lipinski definition) is 3. The van der Waals surface area contributed by atoms with Crippen molar-refractivity contribution in [2.75, 3.05) is 6.54 Å². The minimum atomic E-state index is -4.27. The Morgan fingerprint density at radius 2 is 2.05 bits per heavy atom. The van der Waals surface area contributed by atoms with Crippen molar-refractivity contribution in [3.05, 3.63) is 38.3 Å². The van der Waals surface area contributed by atoms with Crippen LogP contribution in [0.2, 0.25) is 0 Å². The molecule has 0 saturated carbocycles. The number of nitro benzene ring substituents is 1. The minimum Gasteiger partial charge on any atom is -0.352 e. The first-order valence-electron chi connectivity index (χ1n) is 5.49. The molecule has 5 nitrogen and oxygen atoms in total. The van der Waals surface area contributed by atoms with Crippen LogP contribution in [-0.4, -0.2) is 23.6 Å². The highest BCUT2D eigenvalue weighted by Gasteiger charge is 2.26. The van der Waals surface area contributed by atoms with Crippen LogP contribution in [0, 0.1) is 10.1 Å². The lowest BCUT2D eigenvalue weighted by Crippen LogP contribution is -2.26. The van der Waals surface area contributed by atoms with Gasteiger partial charge in [-0.25, -0.2) is 0 Å². The molecule has 0 aliphatic heterocycles. The van der Waals surface area contributed by atoms with Crippen LogP contribution in [0.15, 0.2) is 22.7 Å². The summed E-state index contributed by atoms with van der Waals surface area (Å²) in [6.45, 7) is -0.159. The predicted molar refractivity (Wildman–Crippen MR) is 68.4 cm³/mol. The van der Waals surface area contributed by atoms with Gasteiger partial charge in [-0.15, -0.1) is 0 Å². The Kier molecular flexibility index (Phi) is 5.49. The van der Waals surface area contributed by atoms with E-state index in [-0.39, 0.29) is 24.2 Å². The average Bonchev–Trinajstić information content (AvgIpc) is 2.33. The van der Waals surface area contributed by atoms with Crippen LogP contribution in [0.1, 0.15) is 23.2 Å². The Labute approximate surface area is 120 Å². The molecule has 0 atom stereocenters. The monoisotopic (exact) mass is 354 g/mol. The molecule has 0 aliphatic rings. The lowest BCUT2D eigenvalue weighted by molar-refractivity contribution is -0.384. The molecule has 0 spiro atoms. The zero-order chi connectivity index (χ0) is 15.3. The van der Waals surface area contributed by atoms with Crippen LogP contribution in [0.4, 0.5) is 18.9 Å². The lowest BCUT2D eigenvalue weighted by Gasteiger charge is -2.08. The molecule has 1 N–H and O–H groups in total. The summed E-state index contributed by atoms with van der Waals surface area (Å²) >= 11 is 3.06. The molecule has 0 aliphatic carbocycles. The van der Waals surface area contributed by atoms with Crippen LogP contribution >= 0.6 is 15.9 Å². The highest BCUT2D eigenvalue weighted by molar-refractivity contribution is 9.10. The molecule has 20 heavy (non-hydrogen) atoms. The van der Waals surface area contributed by atoms with Crippen LogP contribution in [0.5, 0.6) is 0 Å². The number of carbonyl (C=O) groups is 1. The van der Waals surface area contributed by atoms with E-state index in [0.29, 0.717) is 4.47 Å². The molecule has 0 radical (unpaired) electrons. The van der Waals surface area contributed by atoms with E-state index in [1.807, 2.05) is 0 Å². The van der Waals surface area contributed by atoms with Gasteiger partial charge in [0, 0.05) is 29.6 Å². The van der Waals surface area contributed by atoms with E-state index < -0.39 is 23.4 Å². The van der Waals surface area contributed by atoms with Gasteiger partial charge in [0.1, 0.15) is 0 Å². The zero-order valence-corrected chi connectivity index (χ0v) is 11.6. The maximum absolute atomic E-state index is 11.9. The number of nitrogens with zero attached hydrogens (tertiary/aromatic N) is 1. The zero-order valence-electron chi connectivity index (χ0n) is 10.0. The van der Waals surface area contributed by atoms with Gasteiger partial charge in [0.2, 0.25) is 0 Å². The molecule has 9 heteroatoms. The third-order valence-electron chi connectivity index (χ3n) is 2.33. The molecule has 1 rings (SSSR count). The Hall–Kier alpha value is -1.64. The van der Waals surface area contributed by atoms with Crippen molar-refractivity contribution in [2.24, 2.45) is 0 Å². The van der Waals surface area contributed by atoms with Crippen molar-refractivity contribution in [1.82, 2.24) is 5.32 Å². The predicted octanol–water partition coefficient (Wildman–Crippen LogP) is 3.43. The lowest BCUT2D eigenvalue weighted by atomic mass is 10.2. The Bertz CT molecular complexity index is 520. The van der Waals surface area contributed by atoms with Gasteiger partial charge < -0.3 is 5.32 Å². The number of halogens is 4. The normalized spacial score (nSPS) is 11.2. The van der Waals surface area contributed by atoms with Crippen LogP contribution in [0.25, 0.3) is 0 Å². The number of nitro groups is 1. The number of non-ortho nitro benzene ring substituents is 1. The molecule has 0 fully saturated rings. The first-order chi connectivity index (χ1) is 9.20. The van der Waals surface area contributed by atoms with Gasteiger partial charge in [-0.2, -0.15) is 13.2 Å². The molecule has 0 heterocycles. The third-order valence-corrected chi connectivity index (χ3v) is 3.02. The summed E-state index contributed by atoms with van der Waals surface area (Å²) < 4.78 is 36.1. The van der Waals surface area contributed by atoms with E-state index in [1.54, 1.807) is 0 Å². The summed E-state index contributed by atoms with van der Waals surface area (Å²) in [5.74, 6) is -0.664. The van der Waals surface area contributed by atoms with Crippen LogP contribution < -0.4 is 5.32 Å². The summed E-state index contributed by atoms with van der Waals surface area (Å²) in [6.07, 6.45) is -5.51. The summed E-state index contributed by atoms with van der Waals surface area (Å²) in [6, 6.07) is 3.61. The minimum absolute atomic E-state index is 0.00575. The molecule has 0 aromatic heterocycles. The SMILES string of the molecule is O=C(NCCCC(F)(F)F)c1cc([N+](=O)[O-])ccc1Br. The third kappa shape index (κ3) is 5.16. The van der Waals surface area contributed by atoms with Crippen LogP contribution in [0.3, 0.4) is 0 Å². The number of carbonyl (C=O) groups excluding carboxylic acids is 1. The summed E-state index contributed by atoms with van der Waals surface area (Å²) in [7, 11) is 0. The van der Waals surface area contributed by atoms with E-state index in [2.05, 4.69) is 21.2 Å². The van der Waals surface area contributed by atoms with E-state index in [0.717, 1.165) is 6.07 Å². The van der Waals surface area contributed by atoms with Gasteiger partial charge in [-0.3, -0.25) is 14.9 Å². The largest absolute Gasteiger partial charge is 0.389 e. The Morgan fingerprint density at radius 1 is 1.40 bits per heavy atom. The Morgan fingerprint density at radius 3 is 2.60 bits per heavy atom. The maximum atomic E-state index is 11.9. The number of amides is 1. The fraction of sp³-hybridized carbons (Fsp3) is 0.364. The number of hydrogen-bond donors (Lipinski definition) is 1. The average molecular weight is 355 g/mol. The van der Waals surface area contributed by atoms with Crippen molar-refractivity contribution in [3.8, 4) is 0 Å². The standard InChI is InChI=1S/C11H10BrF3N2O3/c12-9-3-2-7(17(19)20)6-8(9)10(18)16-5-1-4-11(13,14)15/h2-3,6H,1,4-5H2,(H,16,18). The molecule has 110 valence electrons. The molecule has 0 saturated heterocycles. The highest BCUT2D eigenvalue weighted by atomic mass is 79.9. The number of rotatable bonds is 5. The fourth-order valence-electron chi connectivity index (χ4n) is 1.39. The van der Waals surface area contributed by atoms with Gasteiger partial charge >= 0.3 is 6.18 Å². The molecule has 0 unspecified atom stereocenters. The summed E-state index contributed by atoms with van der Waals surface area (Å²) in [4.78, 5) is 21.7. The second-order valence-electron chi connectivity index (χ2n) is 3.90. The first-order valence-corrected chi connectivity index (χ1v) is 6.29. The van der Waals surface area contributed by atoms with Crippen molar-refractivity contribution >= 4 is 27.5 Å². The van der Waals surface area contributed by atoms with E-state index in [4.69, 9.17) is 0 Å². The maximum Gasteiger partial charge on any atom is 0.389 e. The summed E-state index contributed by atoms with van der Waals surface area (Å²) in [5, 5.41) is 12.9. The second-order valence-corrected chi connectivity index (χ2v) is 4.75. The van der Waals surface area contributed by atoms with Crippen LogP contribution in [-0.2, 0) is 0 Å². The highest BCUT2D eigenvalue weighted by Crippen LogP contribution is 2.23. The number of nitrogens with one attached hydrogen (secondary N) is 1. The fourth-order valence-corrected chi connectivity index (χ4v) is 1.81. The molecule has 0 bridgehead atoms. The van der Waals surface area contributed by atoms with Gasteiger partial charge in [0.15, 0.2) is 0 Å². The van der Waals surface area contributed by atoms with Gasteiger partial charge in [0.25, 0.3) is 11.6 Å². The van der Waals surface area contributed by atoms with Gasteiger partial charge in [-0.1, -0.05) is 0 Å². The van der Waals surface area contributed by atoms with E-state index in [9.17, 15) is 28.1 Å². The van der Waals surface area contributed by atoms with E-state index in [1.165, 1.54) is 12.1 Å². The van der Waals surface area contributed by atoms with Crippen molar-refractivity contribution in [2.45, 2.75) is 19.0 Å². The molecular formula is C11H10BrF3N2O3. The van der Waals surface area contributed by atoms with Crippen molar-refractivity contribution < 1.29 is 22.9 Å². The quantitative estimate of drug-likeness (QED) is 0.500. The summed E-state index contributed by atoms with van der Waals surface area (Å²) in [5.41, 5.74) is -0.264. The van der Waals surface area contributed by atoms with Crippen molar-refractivity contribution in [1.29, 1.82) is 0 Å². The molecule has 1 amide bonds. The van der Waals surface area contributed by atoms with Gasteiger partial charge in [-0.05, 0) is 28.4 Å². The molecule has 1 aromatic carbocycles. The smallest absolute Gasteiger partial charge is 0.352 e. The number of benzene rings is 1. The van der Waals surface area contributed by atoms with E-state index >= 15 is 0 Å². The second kappa shape index (κ2) is 6.69. The Balaban J connectivity index is 2.63. The van der Waals surface area contributed by atoms with Gasteiger partial charge in [0.05, 0.1) is 10.5 Å².